The minimum Gasteiger partial charge on any atom is -0.481 e. The Morgan fingerprint density at radius 3 is 2.91 bits per heavy atom. The van der Waals surface area contributed by atoms with Gasteiger partial charge < -0.3 is 4.74 Å². The largest absolute Gasteiger partial charge is 0.481 e. The van der Waals surface area contributed by atoms with Crippen LogP contribution in [-0.4, -0.2) is 12.1 Å². The second-order valence-corrected chi connectivity index (χ2v) is 2.31. The van der Waals surface area contributed by atoms with E-state index in [0.717, 1.165) is 5.56 Å². The van der Waals surface area contributed by atoms with Crippen molar-refractivity contribution in [2.24, 2.45) is 0 Å². The molecule has 1 aromatic heterocycles. The molecule has 1 heterocycles. The van der Waals surface area contributed by atoms with Crippen molar-refractivity contribution in [3.05, 3.63) is 23.4 Å². The van der Waals surface area contributed by atoms with Gasteiger partial charge in [0, 0.05) is 11.8 Å². The van der Waals surface area contributed by atoms with E-state index in [1.165, 1.54) is 7.11 Å². The fourth-order valence-electron chi connectivity index (χ4n) is 0.897. The van der Waals surface area contributed by atoms with Crippen LogP contribution < -0.4 is 4.74 Å². The van der Waals surface area contributed by atoms with Gasteiger partial charge >= 0.3 is 0 Å². The van der Waals surface area contributed by atoms with Gasteiger partial charge in [0.2, 0.25) is 5.88 Å². The number of hydrogen-bond acceptors (Lipinski definition) is 2. The summed E-state index contributed by atoms with van der Waals surface area (Å²) in [5, 5.41) is 0. The molecule has 1 aromatic rings. The number of methoxy groups -OCH3 is 1. The number of aryl methyl sites for hydroxylation is 1. The Balaban J connectivity index is 3.06. The average molecular weight is 155 g/mol. The minimum absolute atomic E-state index is 0.373. The van der Waals surface area contributed by atoms with E-state index in [4.69, 9.17) is 4.74 Å². The molecule has 11 heavy (non-hydrogen) atoms. The second-order valence-electron chi connectivity index (χ2n) is 2.31. The highest BCUT2D eigenvalue weighted by Crippen LogP contribution is 2.16. The van der Waals surface area contributed by atoms with Crippen molar-refractivity contribution < 1.29 is 9.13 Å². The Hall–Kier alpha value is -1.12. The van der Waals surface area contributed by atoms with Gasteiger partial charge in [0.1, 0.15) is 6.67 Å². The first-order valence-corrected chi connectivity index (χ1v) is 3.33. The number of halogens is 1. The van der Waals surface area contributed by atoms with Gasteiger partial charge in [0.15, 0.2) is 0 Å². The van der Waals surface area contributed by atoms with Gasteiger partial charge in [-0.05, 0) is 18.6 Å². The van der Waals surface area contributed by atoms with Gasteiger partial charge in [-0.2, -0.15) is 0 Å². The third-order valence-electron chi connectivity index (χ3n) is 1.40. The lowest BCUT2D eigenvalue weighted by Gasteiger charge is -2.03. The Morgan fingerprint density at radius 1 is 1.64 bits per heavy atom. The molecular formula is C8H10FNO. The molecule has 0 aliphatic rings. The highest BCUT2D eigenvalue weighted by molar-refractivity contribution is 5.28. The van der Waals surface area contributed by atoms with Crippen LogP contribution in [0.4, 0.5) is 4.39 Å². The Kier molecular flexibility index (Phi) is 2.41. The van der Waals surface area contributed by atoms with Crippen molar-refractivity contribution in [2.45, 2.75) is 13.6 Å². The van der Waals surface area contributed by atoms with E-state index < -0.39 is 6.67 Å². The summed E-state index contributed by atoms with van der Waals surface area (Å²) in [4.78, 5) is 3.91. The van der Waals surface area contributed by atoms with Crippen LogP contribution in [0.25, 0.3) is 0 Å². The summed E-state index contributed by atoms with van der Waals surface area (Å²) >= 11 is 0. The summed E-state index contributed by atoms with van der Waals surface area (Å²) in [5.74, 6) is 0.373. The zero-order valence-corrected chi connectivity index (χ0v) is 6.60. The molecule has 0 N–H and O–H groups in total. The first kappa shape index (κ1) is 7.98. The van der Waals surface area contributed by atoms with E-state index in [0.29, 0.717) is 11.4 Å². The summed E-state index contributed by atoms with van der Waals surface area (Å²) in [6.07, 6.45) is 1.65. The summed E-state index contributed by atoms with van der Waals surface area (Å²) in [5.41, 5.74) is 1.45. The van der Waals surface area contributed by atoms with Gasteiger partial charge in [0.05, 0.1) is 7.11 Å². The van der Waals surface area contributed by atoms with Gasteiger partial charge in [0.25, 0.3) is 0 Å². The summed E-state index contributed by atoms with van der Waals surface area (Å²) in [6, 6.07) is 1.73. The summed E-state index contributed by atoms with van der Waals surface area (Å²) in [7, 11) is 1.48. The third-order valence-corrected chi connectivity index (χ3v) is 1.40. The maximum atomic E-state index is 12.2. The number of rotatable bonds is 2. The Morgan fingerprint density at radius 2 is 2.36 bits per heavy atom. The van der Waals surface area contributed by atoms with Crippen LogP contribution in [0.3, 0.4) is 0 Å². The van der Waals surface area contributed by atoms with Gasteiger partial charge in [-0.3, -0.25) is 0 Å². The quantitative estimate of drug-likeness (QED) is 0.650. The molecule has 0 spiro atoms. The van der Waals surface area contributed by atoms with Crippen molar-refractivity contribution in [1.29, 1.82) is 0 Å². The number of alkyl halides is 1. The maximum absolute atomic E-state index is 12.2. The monoisotopic (exact) mass is 155 g/mol. The predicted molar refractivity (Wildman–Crippen MR) is 40.3 cm³/mol. The molecule has 60 valence electrons. The minimum atomic E-state index is -0.530. The molecule has 0 aliphatic heterocycles. The van der Waals surface area contributed by atoms with E-state index in [1.54, 1.807) is 12.3 Å². The SMILES string of the molecule is COc1ncc(C)cc1CF. The molecule has 0 amide bonds. The Labute approximate surface area is 65.0 Å². The van der Waals surface area contributed by atoms with Crippen molar-refractivity contribution in [1.82, 2.24) is 4.98 Å². The molecule has 0 saturated heterocycles. The molecule has 0 aliphatic carbocycles. The zero-order valence-electron chi connectivity index (χ0n) is 6.60. The van der Waals surface area contributed by atoms with Crippen molar-refractivity contribution >= 4 is 0 Å². The van der Waals surface area contributed by atoms with Gasteiger partial charge in [-0.15, -0.1) is 0 Å². The Bertz CT molecular complexity index is 250. The zero-order chi connectivity index (χ0) is 8.27. The first-order chi connectivity index (χ1) is 5.27. The number of pyridine rings is 1. The van der Waals surface area contributed by atoms with E-state index in [-0.39, 0.29) is 0 Å². The number of nitrogens with zero attached hydrogens (tertiary/aromatic N) is 1. The third kappa shape index (κ3) is 1.67. The highest BCUT2D eigenvalue weighted by Gasteiger charge is 2.02. The summed E-state index contributed by atoms with van der Waals surface area (Å²) < 4.78 is 17.1. The van der Waals surface area contributed by atoms with E-state index in [9.17, 15) is 4.39 Å². The van der Waals surface area contributed by atoms with Crippen LogP contribution in [-0.2, 0) is 6.67 Å². The molecule has 0 atom stereocenters. The molecule has 0 bridgehead atoms. The first-order valence-electron chi connectivity index (χ1n) is 3.33. The average Bonchev–Trinajstić information content (AvgIpc) is 2.04. The molecule has 1 rings (SSSR count). The lowest BCUT2D eigenvalue weighted by atomic mass is 10.2. The van der Waals surface area contributed by atoms with E-state index in [2.05, 4.69) is 4.98 Å². The van der Waals surface area contributed by atoms with Crippen LogP contribution in [0.15, 0.2) is 12.3 Å². The van der Waals surface area contributed by atoms with Crippen LogP contribution in [0.1, 0.15) is 11.1 Å². The highest BCUT2D eigenvalue weighted by atomic mass is 19.1. The predicted octanol–water partition coefficient (Wildman–Crippen LogP) is 1.87. The smallest absolute Gasteiger partial charge is 0.218 e. The molecule has 0 radical (unpaired) electrons. The maximum Gasteiger partial charge on any atom is 0.218 e. The fraction of sp³-hybridized carbons (Fsp3) is 0.375. The second kappa shape index (κ2) is 3.32. The fourth-order valence-corrected chi connectivity index (χ4v) is 0.897. The summed E-state index contributed by atoms with van der Waals surface area (Å²) in [6.45, 7) is 1.34. The van der Waals surface area contributed by atoms with Crippen LogP contribution >= 0.6 is 0 Å². The normalized spacial score (nSPS) is 9.73. The van der Waals surface area contributed by atoms with Crippen molar-refractivity contribution in [3.63, 3.8) is 0 Å². The molecule has 0 aromatic carbocycles. The molecule has 2 nitrogen and oxygen atoms in total. The standard InChI is InChI=1S/C8H10FNO/c1-6-3-7(4-9)8(11-2)10-5-6/h3,5H,4H2,1-2H3. The molecule has 0 fully saturated rings. The van der Waals surface area contributed by atoms with Gasteiger partial charge in [-0.25, -0.2) is 9.37 Å². The lowest BCUT2D eigenvalue weighted by Crippen LogP contribution is -1.93. The molecular weight excluding hydrogens is 145 g/mol. The van der Waals surface area contributed by atoms with E-state index in [1.807, 2.05) is 6.92 Å². The number of ether oxygens (including phenoxy) is 1. The van der Waals surface area contributed by atoms with Crippen molar-refractivity contribution in [3.8, 4) is 5.88 Å². The molecule has 0 saturated carbocycles. The van der Waals surface area contributed by atoms with Crippen LogP contribution in [0.5, 0.6) is 5.88 Å². The topological polar surface area (TPSA) is 22.1 Å². The van der Waals surface area contributed by atoms with Crippen LogP contribution in [0.2, 0.25) is 0 Å². The number of aromatic nitrogens is 1. The van der Waals surface area contributed by atoms with E-state index >= 15 is 0 Å². The molecule has 3 heteroatoms. The van der Waals surface area contributed by atoms with Gasteiger partial charge in [-0.1, -0.05) is 0 Å². The lowest BCUT2D eigenvalue weighted by molar-refractivity contribution is 0.378. The number of hydrogen-bond donors (Lipinski definition) is 0. The van der Waals surface area contributed by atoms with Crippen LogP contribution in [0, 0.1) is 6.92 Å². The molecule has 0 unspecified atom stereocenters. The van der Waals surface area contributed by atoms with Crippen molar-refractivity contribution in [2.75, 3.05) is 7.11 Å².